The molecule has 0 bridgehead atoms. The number of aromatic nitrogens is 3. The quantitative estimate of drug-likeness (QED) is 0.157. The summed E-state index contributed by atoms with van der Waals surface area (Å²) in [6.07, 6.45) is 0. The Bertz CT molecular complexity index is 3910. The van der Waals surface area contributed by atoms with Crippen molar-refractivity contribution >= 4 is 64.8 Å². The van der Waals surface area contributed by atoms with Crippen LogP contribution in [0.2, 0.25) is 0 Å². The summed E-state index contributed by atoms with van der Waals surface area (Å²) >= 11 is 0. The molecular formula is C63H39N3. The number of hydrogen-bond donors (Lipinski definition) is 0. The van der Waals surface area contributed by atoms with E-state index >= 15 is 0 Å². The standard InChI is InChI=1S/C63H39N3/c1-2-16-42(17-3-1)62-55-30-15-29-49(61(55)54-28-12-13-31-58(54)64-62)44-21-14-20-43(36-44)40-32-34-41(35-33-40)59-39-60(56-37-45-18-4-6-22-47(45)50-24-8-10-26-52(50)56)66-63(65-59)57-38-46-19-5-7-23-48(46)51-25-9-11-27-53(51)57/h1-39H. The Labute approximate surface area is 382 Å². The number of fused-ring (bicyclic) bond motifs is 9. The zero-order chi connectivity index (χ0) is 43.6. The molecule has 0 aliphatic carbocycles. The van der Waals surface area contributed by atoms with Crippen LogP contribution in [0.3, 0.4) is 0 Å². The van der Waals surface area contributed by atoms with E-state index in [4.69, 9.17) is 15.0 Å². The third-order valence-electron chi connectivity index (χ3n) is 13.2. The Morgan fingerprint density at radius 2 is 0.758 bits per heavy atom. The molecule has 306 valence electrons. The van der Waals surface area contributed by atoms with E-state index in [0.717, 1.165) is 88.5 Å². The van der Waals surface area contributed by atoms with Gasteiger partial charge in [-0.05, 0) is 95.7 Å². The van der Waals surface area contributed by atoms with Crippen molar-refractivity contribution in [1.82, 2.24) is 15.0 Å². The molecule has 0 aliphatic heterocycles. The van der Waals surface area contributed by atoms with Gasteiger partial charge in [0.25, 0.3) is 0 Å². The highest BCUT2D eigenvalue weighted by molar-refractivity contribution is 6.18. The van der Waals surface area contributed by atoms with E-state index in [9.17, 15) is 0 Å². The van der Waals surface area contributed by atoms with Gasteiger partial charge >= 0.3 is 0 Å². The van der Waals surface area contributed by atoms with E-state index in [0.29, 0.717) is 5.82 Å². The molecule has 3 nitrogen and oxygen atoms in total. The normalized spacial score (nSPS) is 11.6. The molecule has 0 spiro atoms. The molecule has 0 radical (unpaired) electrons. The summed E-state index contributed by atoms with van der Waals surface area (Å²) < 4.78 is 0. The second kappa shape index (κ2) is 15.5. The molecule has 0 unspecified atom stereocenters. The molecule has 2 heterocycles. The van der Waals surface area contributed by atoms with Crippen LogP contribution in [0, 0.1) is 0 Å². The molecule has 0 saturated carbocycles. The van der Waals surface area contributed by atoms with Gasteiger partial charge in [0, 0.05) is 38.4 Å². The summed E-state index contributed by atoms with van der Waals surface area (Å²) in [5, 5.41) is 13.0. The first-order valence-corrected chi connectivity index (χ1v) is 22.5. The maximum Gasteiger partial charge on any atom is 0.161 e. The van der Waals surface area contributed by atoms with Gasteiger partial charge in [-0.1, -0.05) is 206 Å². The van der Waals surface area contributed by atoms with Gasteiger partial charge in [-0.2, -0.15) is 0 Å². The van der Waals surface area contributed by atoms with Crippen molar-refractivity contribution in [3.8, 4) is 67.4 Å². The zero-order valence-corrected chi connectivity index (χ0v) is 35.9. The fourth-order valence-electron chi connectivity index (χ4n) is 10.1. The monoisotopic (exact) mass is 837 g/mol. The smallest absolute Gasteiger partial charge is 0.161 e. The number of para-hydroxylation sites is 1. The third kappa shape index (κ3) is 6.32. The van der Waals surface area contributed by atoms with Gasteiger partial charge in [0.05, 0.1) is 22.6 Å². The van der Waals surface area contributed by atoms with Crippen molar-refractivity contribution in [2.45, 2.75) is 0 Å². The second-order valence-electron chi connectivity index (χ2n) is 17.1. The summed E-state index contributed by atoms with van der Waals surface area (Å²) in [6.45, 7) is 0. The average molecular weight is 838 g/mol. The summed E-state index contributed by atoms with van der Waals surface area (Å²) in [5.74, 6) is 0.701. The van der Waals surface area contributed by atoms with Crippen molar-refractivity contribution < 1.29 is 0 Å². The zero-order valence-electron chi connectivity index (χ0n) is 35.9. The maximum absolute atomic E-state index is 5.46. The van der Waals surface area contributed by atoms with Crippen LogP contribution >= 0.6 is 0 Å². The molecule has 3 heteroatoms. The minimum atomic E-state index is 0.701. The Kier molecular flexibility index (Phi) is 8.85. The predicted octanol–water partition coefficient (Wildman–Crippen LogP) is 16.8. The predicted molar refractivity (Wildman–Crippen MR) is 277 cm³/mol. The van der Waals surface area contributed by atoms with Crippen LogP contribution in [0.1, 0.15) is 0 Å². The molecule has 2 aromatic heterocycles. The van der Waals surface area contributed by atoms with E-state index < -0.39 is 0 Å². The van der Waals surface area contributed by atoms with Gasteiger partial charge in [0.2, 0.25) is 0 Å². The van der Waals surface area contributed by atoms with Crippen LogP contribution in [-0.4, -0.2) is 15.0 Å². The lowest BCUT2D eigenvalue weighted by atomic mass is 9.91. The average Bonchev–Trinajstić information content (AvgIpc) is 3.40. The van der Waals surface area contributed by atoms with Crippen LogP contribution in [-0.2, 0) is 0 Å². The SMILES string of the molecule is c1ccc(-c2nc3ccccc3c3c(-c4cccc(-c5ccc(-c6cc(-c7cc8ccccc8c8ccccc78)nc(-c7cc8ccccc8c8ccccc78)n6)cc5)c4)cccc23)cc1. The van der Waals surface area contributed by atoms with Crippen LogP contribution < -0.4 is 0 Å². The van der Waals surface area contributed by atoms with Crippen LogP contribution in [0.15, 0.2) is 237 Å². The summed E-state index contributed by atoms with van der Waals surface area (Å²) in [7, 11) is 0. The molecule has 0 saturated heterocycles. The van der Waals surface area contributed by atoms with Gasteiger partial charge in [-0.3, -0.25) is 0 Å². The van der Waals surface area contributed by atoms with Gasteiger partial charge < -0.3 is 0 Å². The lowest BCUT2D eigenvalue weighted by Gasteiger charge is -2.15. The number of hydrogen-bond acceptors (Lipinski definition) is 3. The van der Waals surface area contributed by atoms with Gasteiger partial charge in [-0.15, -0.1) is 0 Å². The Morgan fingerprint density at radius 1 is 0.242 bits per heavy atom. The molecule has 13 aromatic rings. The molecule has 13 rings (SSSR count). The molecule has 66 heavy (non-hydrogen) atoms. The third-order valence-corrected chi connectivity index (χ3v) is 13.2. The Morgan fingerprint density at radius 3 is 1.48 bits per heavy atom. The molecule has 0 atom stereocenters. The van der Waals surface area contributed by atoms with Crippen molar-refractivity contribution in [3.05, 3.63) is 237 Å². The fourth-order valence-corrected chi connectivity index (χ4v) is 10.1. The highest BCUT2D eigenvalue weighted by atomic mass is 14.9. The van der Waals surface area contributed by atoms with E-state index in [1.165, 1.54) is 37.9 Å². The lowest BCUT2D eigenvalue weighted by molar-refractivity contribution is 1.19. The lowest BCUT2D eigenvalue weighted by Crippen LogP contribution is -1.98. The summed E-state index contributed by atoms with van der Waals surface area (Å²) in [4.78, 5) is 16.1. The number of pyridine rings is 1. The summed E-state index contributed by atoms with van der Waals surface area (Å²) in [6, 6.07) is 84.6. The first kappa shape index (κ1) is 37.7. The van der Waals surface area contributed by atoms with E-state index in [-0.39, 0.29) is 0 Å². The fraction of sp³-hybridized carbons (Fsp3) is 0. The first-order valence-electron chi connectivity index (χ1n) is 22.5. The molecule has 0 fully saturated rings. The van der Waals surface area contributed by atoms with Crippen molar-refractivity contribution in [2.24, 2.45) is 0 Å². The van der Waals surface area contributed by atoms with Crippen LogP contribution in [0.25, 0.3) is 132 Å². The topological polar surface area (TPSA) is 38.7 Å². The van der Waals surface area contributed by atoms with Gasteiger partial charge in [-0.25, -0.2) is 15.0 Å². The number of nitrogens with zero attached hydrogens (tertiary/aromatic N) is 3. The van der Waals surface area contributed by atoms with Crippen LogP contribution in [0.5, 0.6) is 0 Å². The summed E-state index contributed by atoms with van der Waals surface area (Å²) in [5.41, 5.74) is 12.6. The van der Waals surface area contributed by atoms with Gasteiger partial charge in [0.15, 0.2) is 5.82 Å². The van der Waals surface area contributed by atoms with Crippen molar-refractivity contribution in [2.75, 3.05) is 0 Å². The second-order valence-corrected chi connectivity index (χ2v) is 17.1. The molecular weight excluding hydrogens is 799 g/mol. The van der Waals surface area contributed by atoms with Gasteiger partial charge in [0.1, 0.15) is 0 Å². The van der Waals surface area contributed by atoms with E-state index in [1.54, 1.807) is 0 Å². The van der Waals surface area contributed by atoms with Crippen LogP contribution in [0.4, 0.5) is 0 Å². The number of benzene rings is 11. The van der Waals surface area contributed by atoms with E-state index in [2.05, 4.69) is 237 Å². The molecule has 0 amide bonds. The first-order chi connectivity index (χ1) is 32.7. The maximum atomic E-state index is 5.46. The molecule has 0 aliphatic rings. The van der Waals surface area contributed by atoms with Crippen molar-refractivity contribution in [3.63, 3.8) is 0 Å². The Balaban J connectivity index is 0.959. The highest BCUT2D eigenvalue weighted by Gasteiger charge is 2.19. The largest absolute Gasteiger partial charge is 0.247 e. The van der Waals surface area contributed by atoms with Crippen molar-refractivity contribution in [1.29, 1.82) is 0 Å². The highest BCUT2D eigenvalue weighted by Crippen LogP contribution is 2.42. The molecule has 0 N–H and O–H groups in total. The minimum absolute atomic E-state index is 0.701. The minimum Gasteiger partial charge on any atom is -0.247 e. The molecule has 11 aromatic carbocycles. The Hall–Kier alpha value is -8.79. The number of rotatable bonds is 6. The van der Waals surface area contributed by atoms with E-state index in [1.807, 2.05) is 0 Å².